The first-order chi connectivity index (χ1) is 30.4. The number of hydrogen-bond acceptors (Lipinski definition) is 4. The number of aromatic nitrogens is 2. The number of para-hydroxylation sites is 3. The van der Waals surface area contributed by atoms with E-state index in [4.69, 9.17) is 9.72 Å². The third kappa shape index (κ3) is 7.81. The summed E-state index contributed by atoms with van der Waals surface area (Å²) < 4.78 is 9.14. The van der Waals surface area contributed by atoms with Crippen molar-refractivity contribution in [2.45, 2.75) is 65.2 Å². The molecule has 64 heavy (non-hydrogen) atoms. The molecule has 0 atom stereocenters. The molecule has 9 aromatic rings. The molecule has 0 radical (unpaired) electrons. The summed E-state index contributed by atoms with van der Waals surface area (Å²) in [5, 5.41) is 2.21. The van der Waals surface area contributed by atoms with Crippen molar-refractivity contribution >= 4 is 44.6 Å². The summed E-state index contributed by atoms with van der Waals surface area (Å²) in [6.07, 6.45) is 1.92. The van der Waals surface area contributed by atoms with Crippen LogP contribution in [0, 0.1) is 18.8 Å². The van der Waals surface area contributed by atoms with E-state index in [1.54, 1.807) is 0 Å². The zero-order chi connectivity index (χ0) is 43.5. The Morgan fingerprint density at radius 1 is 0.594 bits per heavy atom. The molecule has 0 bridgehead atoms. The zero-order valence-electron chi connectivity index (χ0n) is 37.3. The molecule has 0 aliphatic carbocycles. The van der Waals surface area contributed by atoms with Crippen LogP contribution < -0.4 is 14.5 Å². The monoisotopic (exact) mass is 1010 g/mol. The van der Waals surface area contributed by atoms with E-state index in [2.05, 4.69) is 239 Å². The van der Waals surface area contributed by atoms with Crippen molar-refractivity contribution in [2.24, 2.45) is 0 Å². The molecule has 5 nitrogen and oxygen atoms in total. The molecule has 0 fully saturated rings. The quantitative estimate of drug-likeness (QED) is 0.135. The van der Waals surface area contributed by atoms with Crippen LogP contribution in [0.15, 0.2) is 170 Å². The van der Waals surface area contributed by atoms with Crippen molar-refractivity contribution in [1.29, 1.82) is 0 Å². The summed E-state index contributed by atoms with van der Waals surface area (Å²) in [6, 6.07) is 65.5. The average Bonchev–Trinajstić information content (AvgIpc) is 3.85. The Morgan fingerprint density at radius 2 is 1.30 bits per heavy atom. The normalized spacial score (nSPS) is 12.8. The predicted molar refractivity (Wildman–Crippen MR) is 261 cm³/mol. The van der Waals surface area contributed by atoms with E-state index in [1.165, 1.54) is 27.8 Å². The van der Waals surface area contributed by atoms with Gasteiger partial charge in [0, 0.05) is 66.8 Å². The van der Waals surface area contributed by atoms with Crippen molar-refractivity contribution < 1.29 is 25.8 Å². The smallest absolute Gasteiger partial charge is 0.135 e. The van der Waals surface area contributed by atoms with Crippen molar-refractivity contribution in [1.82, 2.24) is 9.55 Å². The first-order valence-corrected chi connectivity index (χ1v) is 21.9. The molecular formula is C58H51N4OPt-3. The first-order valence-electron chi connectivity index (χ1n) is 21.9. The van der Waals surface area contributed by atoms with Gasteiger partial charge in [0.05, 0.1) is 0 Å². The van der Waals surface area contributed by atoms with Crippen LogP contribution in [0.5, 0.6) is 11.5 Å². The van der Waals surface area contributed by atoms with Crippen LogP contribution in [0.4, 0.5) is 22.7 Å². The van der Waals surface area contributed by atoms with Crippen LogP contribution in [0.25, 0.3) is 38.8 Å². The topological polar surface area (TPSA) is 33.5 Å². The van der Waals surface area contributed by atoms with E-state index in [9.17, 15) is 0 Å². The van der Waals surface area contributed by atoms with Gasteiger partial charge in [-0.05, 0) is 87.0 Å². The molecule has 3 heterocycles. The molecule has 6 heteroatoms. The van der Waals surface area contributed by atoms with E-state index < -0.39 is 0 Å². The molecule has 1 aliphatic heterocycles. The maximum atomic E-state index is 6.93. The Bertz CT molecular complexity index is 3140. The summed E-state index contributed by atoms with van der Waals surface area (Å²) in [4.78, 5) is 9.48. The van der Waals surface area contributed by atoms with Crippen molar-refractivity contribution in [3.8, 4) is 28.4 Å². The molecule has 0 saturated carbocycles. The number of pyridine rings is 1. The van der Waals surface area contributed by atoms with Crippen LogP contribution in [0.1, 0.15) is 76.6 Å². The number of benzene rings is 7. The second kappa shape index (κ2) is 16.9. The van der Waals surface area contributed by atoms with Crippen LogP contribution in [0.3, 0.4) is 0 Å². The van der Waals surface area contributed by atoms with Gasteiger partial charge in [0.2, 0.25) is 0 Å². The second-order valence-corrected chi connectivity index (χ2v) is 18.4. The van der Waals surface area contributed by atoms with E-state index >= 15 is 0 Å². The molecule has 1 aliphatic rings. The van der Waals surface area contributed by atoms with Gasteiger partial charge >= 0.3 is 0 Å². The van der Waals surface area contributed by atoms with Crippen LogP contribution in [0.2, 0.25) is 0 Å². The Balaban J connectivity index is 0.00000518. The molecule has 322 valence electrons. The molecule has 2 aromatic heterocycles. The maximum absolute atomic E-state index is 6.93. The molecule has 7 aromatic carbocycles. The second-order valence-electron chi connectivity index (χ2n) is 18.4. The number of rotatable bonds is 9. The Kier molecular flexibility index (Phi) is 11.3. The third-order valence-electron chi connectivity index (χ3n) is 12.6. The van der Waals surface area contributed by atoms with Gasteiger partial charge in [0.1, 0.15) is 5.82 Å². The van der Waals surface area contributed by atoms with Gasteiger partial charge < -0.3 is 19.1 Å². The zero-order valence-corrected chi connectivity index (χ0v) is 39.6. The van der Waals surface area contributed by atoms with Gasteiger partial charge in [-0.1, -0.05) is 151 Å². The van der Waals surface area contributed by atoms with Crippen molar-refractivity contribution in [3.63, 3.8) is 0 Å². The molecule has 10 rings (SSSR count). The van der Waals surface area contributed by atoms with E-state index in [0.29, 0.717) is 17.4 Å². The largest absolute Gasteiger partial charge is 0.509 e. The summed E-state index contributed by atoms with van der Waals surface area (Å²) >= 11 is 0. The number of hydrogen-bond donors (Lipinski definition) is 0. The SMILES string of the molecule is CC(C)c1ccccc1-c1cc(Oc2[c-]c3c(cc2)c2ccccc2n3-c2cc(C(C)(C)c3ccccc3)ccn2)[c-]c(N2[CH-]N(c3cccc(C(C)(C)C)c3)c3ccccc32)c1.[Pt]. The van der Waals surface area contributed by atoms with Crippen molar-refractivity contribution in [2.75, 3.05) is 9.80 Å². The van der Waals surface area contributed by atoms with E-state index in [0.717, 1.165) is 55.9 Å². The Labute approximate surface area is 392 Å². The molecule has 0 unspecified atom stereocenters. The number of fused-ring (bicyclic) bond motifs is 4. The molecule has 0 spiro atoms. The van der Waals surface area contributed by atoms with E-state index in [-0.39, 0.29) is 31.9 Å². The van der Waals surface area contributed by atoms with Gasteiger partial charge in [-0.2, -0.15) is 6.07 Å². The summed E-state index contributed by atoms with van der Waals surface area (Å²) in [7, 11) is 0. The summed E-state index contributed by atoms with van der Waals surface area (Å²) in [6.45, 7) is 18.0. The fraction of sp³-hybridized carbons (Fsp3) is 0.172. The third-order valence-corrected chi connectivity index (χ3v) is 12.6. The van der Waals surface area contributed by atoms with Gasteiger partial charge in [0.25, 0.3) is 0 Å². The van der Waals surface area contributed by atoms with Gasteiger partial charge in [-0.15, -0.1) is 53.6 Å². The number of anilines is 4. The first kappa shape index (κ1) is 42.9. The number of nitrogens with zero attached hydrogens (tertiary/aromatic N) is 4. The summed E-state index contributed by atoms with van der Waals surface area (Å²) in [5.74, 6) is 2.35. The molecule has 0 amide bonds. The maximum Gasteiger partial charge on any atom is 0.135 e. The van der Waals surface area contributed by atoms with Crippen molar-refractivity contribution in [3.05, 3.63) is 211 Å². The predicted octanol–water partition coefficient (Wildman–Crippen LogP) is 15.4. The van der Waals surface area contributed by atoms with Gasteiger partial charge in [0.15, 0.2) is 0 Å². The van der Waals surface area contributed by atoms with Crippen LogP contribution in [-0.4, -0.2) is 9.55 Å². The van der Waals surface area contributed by atoms with E-state index in [1.807, 2.05) is 12.3 Å². The minimum absolute atomic E-state index is 0. The molecular weight excluding hydrogens is 964 g/mol. The molecule has 0 saturated heterocycles. The molecule has 0 N–H and O–H groups in total. The average molecular weight is 1020 g/mol. The summed E-state index contributed by atoms with van der Waals surface area (Å²) in [5.41, 5.74) is 13.1. The fourth-order valence-electron chi connectivity index (χ4n) is 9.00. The minimum atomic E-state index is -0.233. The van der Waals surface area contributed by atoms with Gasteiger partial charge in [-0.25, -0.2) is 4.98 Å². The Morgan fingerprint density at radius 3 is 2.08 bits per heavy atom. The standard InChI is InChI=1S/C58H51N4O.Pt/c1-39(2)48-22-11-12-23-49(48)40-32-45(61-38-60(53-26-15-16-27-54(53)61)44-21-17-20-42(34-44)57(3,4)5)36-47(33-40)63-46-28-29-51-50-24-13-14-25-52(50)62(55(51)37-46)56-35-43(30-31-59-56)58(6,7)41-18-9-8-10-19-41;/h8-35,38-39H,1-7H3;/q-3;. The van der Waals surface area contributed by atoms with Crippen LogP contribution >= 0.6 is 0 Å². The number of ether oxygens (including phenoxy) is 1. The van der Waals surface area contributed by atoms with Crippen LogP contribution in [-0.2, 0) is 31.9 Å². The minimum Gasteiger partial charge on any atom is -0.509 e. The fourth-order valence-corrected chi connectivity index (χ4v) is 9.00. The Hall–Kier alpha value is -6.42. The van der Waals surface area contributed by atoms with Gasteiger partial charge in [-0.3, -0.25) is 0 Å².